The Morgan fingerprint density at radius 3 is 2.50 bits per heavy atom. The average molecular weight is 137 g/mol. The van der Waals surface area contributed by atoms with Crippen LogP contribution in [0.25, 0.3) is 0 Å². The van der Waals surface area contributed by atoms with Crippen LogP contribution >= 0.6 is 0 Å². The molecule has 0 N–H and O–H groups in total. The molecule has 0 amide bonds. The molecule has 0 bridgehead atoms. The normalized spacial score (nSPS) is 25.0. The molecule has 53 valence electrons. The maximum absolute atomic E-state index is 10.7. The van der Waals surface area contributed by atoms with Gasteiger partial charge in [-0.05, 0) is 5.41 Å². The Morgan fingerprint density at radius 2 is 2.10 bits per heavy atom. The van der Waals surface area contributed by atoms with E-state index in [4.69, 9.17) is 0 Å². The lowest BCUT2D eigenvalue weighted by Crippen LogP contribution is -2.30. The van der Waals surface area contributed by atoms with Gasteiger partial charge in [0.1, 0.15) is 12.2 Å². The Bertz CT molecular complexity index is 162. The molecule has 1 aliphatic carbocycles. The highest BCUT2D eigenvalue weighted by Crippen LogP contribution is 2.29. The molecule has 2 nitrogen and oxygen atoms in total. The molecular weight excluding hydrogens is 128 g/mol. The summed E-state index contributed by atoms with van der Waals surface area (Å²) < 4.78 is 0. The largest absolute Gasteiger partial charge is 0.298 e. The van der Waals surface area contributed by atoms with Crippen molar-refractivity contribution in [3.05, 3.63) is 12.8 Å². The van der Waals surface area contributed by atoms with Crippen molar-refractivity contribution in [3.63, 3.8) is 0 Å². The highest BCUT2D eigenvalue weighted by Gasteiger charge is 2.32. The summed E-state index contributed by atoms with van der Waals surface area (Å²) in [6.45, 7) is 3.73. The minimum absolute atomic E-state index is 0.183. The zero-order chi connectivity index (χ0) is 7.78. The third-order valence-electron chi connectivity index (χ3n) is 1.40. The minimum atomic E-state index is -0.277. The average Bonchev–Trinajstić information content (AvgIpc) is 1.54. The summed E-state index contributed by atoms with van der Waals surface area (Å²) in [4.78, 5) is 21.4. The second-order valence-electron chi connectivity index (χ2n) is 3.22. The molecular formula is C8H9O2. The smallest absolute Gasteiger partial charge is 0.153 e. The van der Waals surface area contributed by atoms with Gasteiger partial charge in [-0.1, -0.05) is 13.8 Å². The van der Waals surface area contributed by atoms with Crippen LogP contribution in [0.2, 0.25) is 0 Å². The van der Waals surface area contributed by atoms with Gasteiger partial charge in [0.15, 0.2) is 5.78 Å². The molecule has 2 heteroatoms. The highest BCUT2D eigenvalue weighted by molar-refractivity contribution is 6.16. The molecule has 1 saturated carbocycles. The van der Waals surface area contributed by atoms with Crippen LogP contribution in [0.3, 0.4) is 0 Å². The van der Waals surface area contributed by atoms with Crippen molar-refractivity contribution in [2.45, 2.75) is 20.3 Å². The minimum Gasteiger partial charge on any atom is -0.298 e. The fourth-order valence-electron chi connectivity index (χ4n) is 1.04. The summed E-state index contributed by atoms with van der Waals surface area (Å²) in [6, 6.07) is 0. The van der Waals surface area contributed by atoms with Crippen LogP contribution in [0, 0.1) is 18.3 Å². The van der Waals surface area contributed by atoms with Gasteiger partial charge in [-0.25, -0.2) is 0 Å². The molecule has 0 atom stereocenters. The van der Waals surface area contributed by atoms with Crippen molar-refractivity contribution in [3.8, 4) is 0 Å². The van der Waals surface area contributed by atoms with Crippen LogP contribution in [0.15, 0.2) is 0 Å². The Hall–Kier alpha value is -0.660. The topological polar surface area (TPSA) is 34.1 Å². The van der Waals surface area contributed by atoms with Gasteiger partial charge in [-0.3, -0.25) is 9.59 Å². The molecule has 3 radical (unpaired) electrons. The van der Waals surface area contributed by atoms with Gasteiger partial charge in [0.05, 0.1) is 0 Å². The molecule has 10 heavy (non-hydrogen) atoms. The van der Waals surface area contributed by atoms with Crippen LogP contribution in [0.4, 0.5) is 0 Å². The van der Waals surface area contributed by atoms with E-state index in [9.17, 15) is 9.59 Å². The van der Waals surface area contributed by atoms with E-state index >= 15 is 0 Å². The number of ketones is 2. The molecule has 0 spiro atoms. The van der Waals surface area contributed by atoms with Crippen molar-refractivity contribution in [1.29, 1.82) is 0 Å². The number of hydrogen-bond acceptors (Lipinski definition) is 2. The maximum Gasteiger partial charge on any atom is 0.153 e. The lowest BCUT2D eigenvalue weighted by Gasteiger charge is -2.25. The van der Waals surface area contributed by atoms with Gasteiger partial charge < -0.3 is 0 Å². The van der Waals surface area contributed by atoms with Crippen LogP contribution < -0.4 is 0 Å². The Labute approximate surface area is 60.6 Å². The Morgan fingerprint density at radius 1 is 1.50 bits per heavy atom. The zero-order valence-corrected chi connectivity index (χ0v) is 6.10. The van der Waals surface area contributed by atoms with E-state index < -0.39 is 0 Å². The Kier molecular flexibility index (Phi) is 1.63. The van der Waals surface area contributed by atoms with Crippen molar-refractivity contribution in [1.82, 2.24) is 0 Å². The standard InChI is InChI=1S/C8H9O2/c1-8(2)4-6(9)3-7(10)5-8/h4H,5H2,1-2H3. The predicted molar refractivity (Wildman–Crippen MR) is 36.0 cm³/mol. The van der Waals surface area contributed by atoms with Crippen molar-refractivity contribution in [2.75, 3.05) is 0 Å². The van der Waals surface area contributed by atoms with Crippen LogP contribution in [0.1, 0.15) is 20.3 Å². The molecule has 0 aliphatic heterocycles. The fraction of sp³-hybridized carbons (Fsp3) is 0.500. The summed E-state index contributed by atoms with van der Waals surface area (Å²) >= 11 is 0. The Balaban J connectivity index is 2.68. The first-order chi connectivity index (χ1) is 4.49. The second-order valence-corrected chi connectivity index (χ2v) is 3.22. The van der Waals surface area contributed by atoms with Crippen LogP contribution in [-0.2, 0) is 9.59 Å². The van der Waals surface area contributed by atoms with E-state index in [-0.39, 0.29) is 17.0 Å². The SMILES string of the molecule is CC1(C)[CH]C(=O)[C]C(=O)C1. The van der Waals surface area contributed by atoms with E-state index in [0.717, 1.165) is 0 Å². The summed E-state index contributed by atoms with van der Waals surface area (Å²) in [5.74, 6) is -0.459. The van der Waals surface area contributed by atoms with Crippen molar-refractivity contribution >= 4 is 11.6 Å². The number of hydrogen-bond donors (Lipinski definition) is 0. The molecule has 0 saturated heterocycles. The number of rotatable bonds is 0. The first-order valence-electron chi connectivity index (χ1n) is 3.19. The molecule has 0 aromatic rings. The molecule has 0 heterocycles. The maximum atomic E-state index is 10.7. The van der Waals surface area contributed by atoms with E-state index in [0.29, 0.717) is 6.42 Å². The van der Waals surface area contributed by atoms with Gasteiger partial charge in [0, 0.05) is 12.8 Å². The number of Topliss-reactive ketones (excluding diaryl/α,β-unsaturated/α-hetero) is 2. The third-order valence-corrected chi connectivity index (χ3v) is 1.40. The molecule has 0 aromatic carbocycles. The van der Waals surface area contributed by atoms with Crippen LogP contribution in [-0.4, -0.2) is 11.6 Å². The first kappa shape index (κ1) is 7.45. The highest BCUT2D eigenvalue weighted by atomic mass is 16.1. The molecule has 1 fully saturated rings. The lowest BCUT2D eigenvalue weighted by molar-refractivity contribution is -0.124. The summed E-state index contributed by atoms with van der Waals surface area (Å²) in [7, 11) is 0. The van der Waals surface area contributed by atoms with Gasteiger partial charge in [0.2, 0.25) is 0 Å². The number of carbonyl (C=O) groups is 2. The lowest BCUT2D eigenvalue weighted by atomic mass is 9.76. The van der Waals surface area contributed by atoms with E-state index in [1.54, 1.807) is 0 Å². The monoisotopic (exact) mass is 137 g/mol. The molecule has 0 aromatic heterocycles. The predicted octanol–water partition coefficient (Wildman–Crippen LogP) is 0.840. The van der Waals surface area contributed by atoms with E-state index in [1.807, 2.05) is 13.8 Å². The van der Waals surface area contributed by atoms with E-state index in [1.165, 1.54) is 6.42 Å². The molecule has 1 rings (SSSR count). The first-order valence-corrected chi connectivity index (χ1v) is 3.19. The zero-order valence-electron chi connectivity index (χ0n) is 6.10. The van der Waals surface area contributed by atoms with Crippen molar-refractivity contribution < 1.29 is 9.59 Å². The summed E-state index contributed by atoms with van der Waals surface area (Å²) in [6.07, 6.45) is 4.14. The molecule has 1 aliphatic rings. The second kappa shape index (κ2) is 2.19. The van der Waals surface area contributed by atoms with Gasteiger partial charge in [0.25, 0.3) is 0 Å². The van der Waals surface area contributed by atoms with Crippen LogP contribution in [0.5, 0.6) is 0 Å². The summed E-state index contributed by atoms with van der Waals surface area (Å²) in [5, 5.41) is 0. The number of carbonyl (C=O) groups excluding carboxylic acids is 2. The van der Waals surface area contributed by atoms with Gasteiger partial charge in [-0.2, -0.15) is 0 Å². The third kappa shape index (κ3) is 1.66. The quantitative estimate of drug-likeness (QED) is 0.495. The van der Waals surface area contributed by atoms with E-state index in [2.05, 4.69) is 6.42 Å². The van der Waals surface area contributed by atoms with Crippen molar-refractivity contribution in [2.24, 2.45) is 5.41 Å². The van der Waals surface area contributed by atoms with Gasteiger partial charge in [-0.15, -0.1) is 0 Å². The van der Waals surface area contributed by atoms with Gasteiger partial charge >= 0.3 is 0 Å². The summed E-state index contributed by atoms with van der Waals surface area (Å²) in [5.41, 5.74) is -0.264. The molecule has 0 unspecified atom stereocenters. The fourth-order valence-corrected chi connectivity index (χ4v) is 1.04.